The Labute approximate surface area is 114 Å². The molecule has 0 heterocycles. The molecule has 19 heavy (non-hydrogen) atoms. The highest BCUT2D eigenvalue weighted by Gasteiger charge is 2.12. The summed E-state index contributed by atoms with van der Waals surface area (Å²) < 4.78 is 4.92. The van der Waals surface area contributed by atoms with Gasteiger partial charge in [-0.3, -0.25) is 4.79 Å². The molecule has 106 valence electrons. The molecule has 4 heteroatoms. The second kappa shape index (κ2) is 8.67. The minimum Gasteiger partial charge on any atom is -0.394 e. The molecule has 1 rings (SSSR count). The van der Waals surface area contributed by atoms with Gasteiger partial charge in [0.05, 0.1) is 19.3 Å². The van der Waals surface area contributed by atoms with Gasteiger partial charge in [0.15, 0.2) is 0 Å². The number of carbonyl (C=O) groups excluding carboxylic acids is 1. The molecule has 1 unspecified atom stereocenters. The first kappa shape index (κ1) is 15.7. The molecule has 0 aliphatic carbocycles. The van der Waals surface area contributed by atoms with Gasteiger partial charge in [-0.05, 0) is 30.5 Å². The zero-order valence-electron chi connectivity index (χ0n) is 11.7. The van der Waals surface area contributed by atoms with E-state index in [1.807, 2.05) is 24.3 Å². The molecule has 0 aromatic heterocycles. The Hall–Kier alpha value is -1.39. The highest BCUT2D eigenvalue weighted by Crippen LogP contribution is 2.08. The second-order valence-electron chi connectivity index (χ2n) is 4.61. The lowest BCUT2D eigenvalue weighted by Gasteiger charge is -2.15. The number of ether oxygens (including phenoxy) is 1. The number of benzene rings is 1. The number of hydrogen-bond acceptors (Lipinski definition) is 3. The van der Waals surface area contributed by atoms with Crippen molar-refractivity contribution < 1.29 is 14.6 Å². The normalized spacial score (nSPS) is 12.2. The lowest BCUT2D eigenvalue weighted by Crippen LogP contribution is -2.40. The number of aryl methyl sites for hydroxylation is 1. The summed E-state index contributed by atoms with van der Waals surface area (Å²) in [7, 11) is 1.54. The van der Waals surface area contributed by atoms with Crippen LogP contribution in [0.5, 0.6) is 0 Å². The summed E-state index contributed by atoms with van der Waals surface area (Å²) in [5.74, 6) is -0.182. The summed E-state index contributed by atoms with van der Waals surface area (Å²) in [5, 5.41) is 11.8. The summed E-state index contributed by atoms with van der Waals surface area (Å²) in [5.41, 5.74) is 1.85. The van der Waals surface area contributed by atoms with E-state index in [0.717, 1.165) is 19.3 Å². The van der Waals surface area contributed by atoms with Crippen LogP contribution in [-0.2, 0) is 11.2 Å². The fourth-order valence-corrected chi connectivity index (χ4v) is 1.81. The van der Waals surface area contributed by atoms with Gasteiger partial charge < -0.3 is 15.2 Å². The highest BCUT2D eigenvalue weighted by molar-refractivity contribution is 5.94. The first-order chi connectivity index (χ1) is 9.21. The molecule has 0 saturated carbocycles. The van der Waals surface area contributed by atoms with Gasteiger partial charge in [-0.2, -0.15) is 0 Å². The van der Waals surface area contributed by atoms with Gasteiger partial charge in [0.2, 0.25) is 0 Å². The number of methoxy groups -OCH3 is 1. The minimum absolute atomic E-state index is 0.131. The van der Waals surface area contributed by atoms with Crippen molar-refractivity contribution in [2.45, 2.75) is 32.2 Å². The van der Waals surface area contributed by atoms with E-state index in [1.54, 1.807) is 0 Å². The number of nitrogens with one attached hydrogen (secondary N) is 1. The smallest absolute Gasteiger partial charge is 0.251 e. The van der Waals surface area contributed by atoms with Crippen LogP contribution >= 0.6 is 0 Å². The third-order valence-electron chi connectivity index (χ3n) is 2.96. The Morgan fingerprint density at radius 2 is 2.05 bits per heavy atom. The summed E-state index contributed by atoms with van der Waals surface area (Å²) in [6.45, 7) is 2.33. The standard InChI is InChI=1S/C15H23NO3/c1-3-4-5-12-6-8-13(9-7-12)15(18)16-14(10-17)11-19-2/h6-9,14,17H,3-5,10-11H2,1-2H3,(H,16,18). The monoisotopic (exact) mass is 265 g/mol. The Morgan fingerprint density at radius 1 is 1.37 bits per heavy atom. The first-order valence-corrected chi connectivity index (χ1v) is 6.70. The first-order valence-electron chi connectivity index (χ1n) is 6.70. The van der Waals surface area contributed by atoms with Crippen LogP contribution < -0.4 is 5.32 Å². The average molecular weight is 265 g/mol. The molecule has 1 atom stereocenters. The third kappa shape index (κ3) is 5.41. The van der Waals surface area contributed by atoms with Crippen LogP contribution in [-0.4, -0.2) is 37.4 Å². The third-order valence-corrected chi connectivity index (χ3v) is 2.96. The van der Waals surface area contributed by atoms with Crippen molar-refractivity contribution in [3.8, 4) is 0 Å². The maximum absolute atomic E-state index is 11.9. The fourth-order valence-electron chi connectivity index (χ4n) is 1.81. The number of unbranched alkanes of at least 4 members (excludes halogenated alkanes) is 1. The number of amides is 1. The van der Waals surface area contributed by atoms with Crippen molar-refractivity contribution in [2.75, 3.05) is 20.3 Å². The number of aliphatic hydroxyl groups excluding tert-OH is 1. The Bertz CT molecular complexity index is 375. The van der Waals surface area contributed by atoms with E-state index >= 15 is 0 Å². The van der Waals surface area contributed by atoms with Gasteiger partial charge in [0.1, 0.15) is 0 Å². The summed E-state index contributed by atoms with van der Waals surface area (Å²) >= 11 is 0. The molecule has 1 aromatic rings. The Kier molecular flexibility index (Phi) is 7.15. The van der Waals surface area contributed by atoms with E-state index in [2.05, 4.69) is 12.2 Å². The average Bonchev–Trinajstić information content (AvgIpc) is 2.45. The van der Waals surface area contributed by atoms with Gasteiger partial charge >= 0.3 is 0 Å². The SMILES string of the molecule is CCCCc1ccc(C(=O)NC(CO)COC)cc1. The van der Waals surface area contributed by atoms with E-state index < -0.39 is 0 Å². The lowest BCUT2D eigenvalue weighted by atomic mass is 10.1. The summed E-state index contributed by atoms with van der Waals surface area (Å²) in [6.07, 6.45) is 3.37. The molecule has 1 aromatic carbocycles. The molecule has 0 aliphatic heterocycles. The summed E-state index contributed by atoms with van der Waals surface area (Å²) in [6, 6.07) is 7.24. The van der Waals surface area contributed by atoms with Crippen LogP contribution in [0.15, 0.2) is 24.3 Å². The van der Waals surface area contributed by atoms with Crippen LogP contribution in [0.1, 0.15) is 35.7 Å². The van der Waals surface area contributed by atoms with E-state index in [4.69, 9.17) is 9.84 Å². The molecule has 2 N–H and O–H groups in total. The maximum Gasteiger partial charge on any atom is 0.251 e. The highest BCUT2D eigenvalue weighted by atomic mass is 16.5. The van der Waals surface area contributed by atoms with Crippen LogP contribution in [0.3, 0.4) is 0 Å². The lowest BCUT2D eigenvalue weighted by molar-refractivity contribution is 0.0839. The van der Waals surface area contributed by atoms with Gasteiger partial charge in [0.25, 0.3) is 5.91 Å². The van der Waals surface area contributed by atoms with Crippen LogP contribution in [0.4, 0.5) is 0 Å². The predicted octanol–water partition coefficient (Wildman–Crippen LogP) is 1.77. The zero-order chi connectivity index (χ0) is 14.1. The van der Waals surface area contributed by atoms with Crippen LogP contribution in [0.25, 0.3) is 0 Å². The van der Waals surface area contributed by atoms with Crippen molar-refractivity contribution in [3.63, 3.8) is 0 Å². The maximum atomic E-state index is 11.9. The molecule has 0 spiro atoms. The molecular formula is C15H23NO3. The van der Waals surface area contributed by atoms with E-state index in [9.17, 15) is 4.79 Å². The van der Waals surface area contributed by atoms with Crippen LogP contribution in [0, 0.1) is 0 Å². The van der Waals surface area contributed by atoms with Crippen molar-refractivity contribution in [1.82, 2.24) is 5.32 Å². The van der Waals surface area contributed by atoms with Gasteiger partial charge in [0, 0.05) is 12.7 Å². The topological polar surface area (TPSA) is 58.6 Å². The molecular weight excluding hydrogens is 242 g/mol. The van der Waals surface area contributed by atoms with Gasteiger partial charge in [-0.1, -0.05) is 25.5 Å². The predicted molar refractivity (Wildman–Crippen MR) is 75.3 cm³/mol. The molecule has 0 aliphatic rings. The van der Waals surface area contributed by atoms with Crippen molar-refractivity contribution in [1.29, 1.82) is 0 Å². The number of hydrogen-bond donors (Lipinski definition) is 2. The molecule has 0 fully saturated rings. The molecule has 0 saturated heterocycles. The molecule has 0 bridgehead atoms. The Morgan fingerprint density at radius 3 is 2.58 bits per heavy atom. The number of carbonyl (C=O) groups is 1. The van der Waals surface area contributed by atoms with Crippen molar-refractivity contribution >= 4 is 5.91 Å². The quantitative estimate of drug-likeness (QED) is 0.753. The largest absolute Gasteiger partial charge is 0.394 e. The van der Waals surface area contributed by atoms with Crippen molar-refractivity contribution in [2.24, 2.45) is 0 Å². The van der Waals surface area contributed by atoms with Gasteiger partial charge in [-0.25, -0.2) is 0 Å². The van der Waals surface area contributed by atoms with Gasteiger partial charge in [-0.15, -0.1) is 0 Å². The van der Waals surface area contributed by atoms with E-state index in [-0.39, 0.29) is 18.6 Å². The summed E-state index contributed by atoms with van der Waals surface area (Å²) in [4.78, 5) is 11.9. The van der Waals surface area contributed by atoms with Crippen LogP contribution in [0.2, 0.25) is 0 Å². The Balaban J connectivity index is 2.56. The number of rotatable bonds is 8. The molecule has 1 amide bonds. The number of aliphatic hydroxyl groups is 1. The van der Waals surface area contributed by atoms with Crippen molar-refractivity contribution in [3.05, 3.63) is 35.4 Å². The molecule has 4 nitrogen and oxygen atoms in total. The molecule has 0 radical (unpaired) electrons. The van der Waals surface area contributed by atoms with E-state index in [1.165, 1.54) is 12.7 Å². The second-order valence-corrected chi connectivity index (χ2v) is 4.61. The van der Waals surface area contributed by atoms with E-state index in [0.29, 0.717) is 12.2 Å². The minimum atomic E-state index is -0.364. The zero-order valence-corrected chi connectivity index (χ0v) is 11.7. The fraction of sp³-hybridized carbons (Fsp3) is 0.533.